The summed E-state index contributed by atoms with van der Waals surface area (Å²) >= 11 is 5.82. The van der Waals surface area contributed by atoms with Gasteiger partial charge >= 0.3 is 0 Å². The van der Waals surface area contributed by atoms with Crippen molar-refractivity contribution in [3.8, 4) is 5.75 Å². The van der Waals surface area contributed by atoms with E-state index in [0.29, 0.717) is 17.4 Å². The summed E-state index contributed by atoms with van der Waals surface area (Å²) in [7, 11) is 0. The molecule has 2 heterocycles. The Bertz CT molecular complexity index is 706. The molecule has 4 nitrogen and oxygen atoms in total. The molecule has 0 bridgehead atoms. The SMILES string of the molecule is Nc1cccc2ncc(COc3ccc(Cl)cc3)n12. The lowest BCUT2D eigenvalue weighted by Crippen LogP contribution is -2.03. The summed E-state index contributed by atoms with van der Waals surface area (Å²) in [6, 6.07) is 12.9. The number of fused-ring (bicyclic) bond motifs is 1. The summed E-state index contributed by atoms with van der Waals surface area (Å²) in [5.41, 5.74) is 7.66. The van der Waals surface area contributed by atoms with Gasteiger partial charge in [-0.15, -0.1) is 0 Å². The molecule has 96 valence electrons. The number of aromatic nitrogens is 2. The molecule has 0 radical (unpaired) electrons. The van der Waals surface area contributed by atoms with E-state index < -0.39 is 0 Å². The Morgan fingerprint density at radius 2 is 1.95 bits per heavy atom. The fraction of sp³-hybridized carbons (Fsp3) is 0.0714. The van der Waals surface area contributed by atoms with Crippen LogP contribution in [-0.4, -0.2) is 9.38 Å². The van der Waals surface area contributed by atoms with Crippen LogP contribution >= 0.6 is 11.6 Å². The van der Waals surface area contributed by atoms with E-state index in [2.05, 4.69) is 4.98 Å². The third-order valence-corrected chi connectivity index (χ3v) is 3.08. The monoisotopic (exact) mass is 273 g/mol. The molecule has 0 aliphatic rings. The van der Waals surface area contributed by atoms with Crippen LogP contribution in [0.3, 0.4) is 0 Å². The molecule has 3 aromatic rings. The zero-order valence-electron chi connectivity index (χ0n) is 10.1. The van der Waals surface area contributed by atoms with E-state index in [1.54, 1.807) is 18.3 Å². The van der Waals surface area contributed by atoms with Gasteiger partial charge in [0.1, 0.15) is 23.8 Å². The van der Waals surface area contributed by atoms with Gasteiger partial charge in [0, 0.05) is 5.02 Å². The molecule has 0 spiro atoms. The number of hydrogen-bond donors (Lipinski definition) is 1. The van der Waals surface area contributed by atoms with Crippen molar-refractivity contribution >= 4 is 23.1 Å². The summed E-state index contributed by atoms with van der Waals surface area (Å²) in [6.45, 7) is 0.400. The minimum atomic E-state index is 0.400. The number of ether oxygens (including phenoxy) is 1. The van der Waals surface area contributed by atoms with Gasteiger partial charge in [-0.3, -0.25) is 4.40 Å². The molecule has 0 unspecified atom stereocenters. The Labute approximate surface area is 115 Å². The van der Waals surface area contributed by atoms with Crippen LogP contribution in [0.1, 0.15) is 5.69 Å². The molecule has 3 rings (SSSR count). The summed E-state index contributed by atoms with van der Waals surface area (Å²) in [6.07, 6.45) is 1.77. The number of halogens is 1. The van der Waals surface area contributed by atoms with Crippen LogP contribution in [0.4, 0.5) is 5.82 Å². The summed E-state index contributed by atoms with van der Waals surface area (Å²) in [5, 5.41) is 0.686. The van der Waals surface area contributed by atoms with Crippen LogP contribution in [0, 0.1) is 0 Å². The van der Waals surface area contributed by atoms with Crippen molar-refractivity contribution in [1.82, 2.24) is 9.38 Å². The second-order valence-corrected chi connectivity index (χ2v) is 4.57. The topological polar surface area (TPSA) is 52.5 Å². The fourth-order valence-corrected chi connectivity index (χ4v) is 2.04. The average Bonchev–Trinajstić information content (AvgIpc) is 2.83. The van der Waals surface area contributed by atoms with Crippen molar-refractivity contribution in [2.24, 2.45) is 0 Å². The van der Waals surface area contributed by atoms with E-state index in [1.165, 1.54) is 0 Å². The number of benzene rings is 1. The molecule has 2 N–H and O–H groups in total. The Kier molecular flexibility index (Phi) is 3.01. The summed E-state index contributed by atoms with van der Waals surface area (Å²) < 4.78 is 7.56. The van der Waals surface area contributed by atoms with E-state index in [4.69, 9.17) is 22.1 Å². The lowest BCUT2D eigenvalue weighted by molar-refractivity contribution is 0.300. The zero-order chi connectivity index (χ0) is 13.2. The second-order valence-electron chi connectivity index (χ2n) is 4.14. The molecule has 2 aromatic heterocycles. The molecule has 1 aromatic carbocycles. The minimum Gasteiger partial charge on any atom is -0.487 e. The second kappa shape index (κ2) is 4.82. The predicted molar refractivity (Wildman–Crippen MR) is 75.4 cm³/mol. The number of nitrogen functional groups attached to an aromatic ring is 1. The summed E-state index contributed by atoms with van der Waals surface area (Å²) in [5.74, 6) is 1.40. The molecule has 0 amide bonds. The first-order valence-electron chi connectivity index (χ1n) is 5.83. The van der Waals surface area contributed by atoms with Gasteiger partial charge in [-0.1, -0.05) is 17.7 Å². The quantitative estimate of drug-likeness (QED) is 0.797. The van der Waals surface area contributed by atoms with Gasteiger partial charge in [0.05, 0.1) is 11.9 Å². The highest BCUT2D eigenvalue weighted by Crippen LogP contribution is 2.18. The van der Waals surface area contributed by atoms with Crippen LogP contribution < -0.4 is 10.5 Å². The third-order valence-electron chi connectivity index (χ3n) is 2.83. The van der Waals surface area contributed by atoms with Crippen LogP contribution in [-0.2, 0) is 6.61 Å². The predicted octanol–water partition coefficient (Wildman–Crippen LogP) is 3.15. The highest BCUT2D eigenvalue weighted by molar-refractivity contribution is 6.30. The van der Waals surface area contributed by atoms with E-state index in [9.17, 15) is 0 Å². The van der Waals surface area contributed by atoms with Gasteiger partial charge in [0.15, 0.2) is 0 Å². The maximum Gasteiger partial charge on any atom is 0.138 e. The van der Waals surface area contributed by atoms with Crippen molar-refractivity contribution in [3.63, 3.8) is 0 Å². The van der Waals surface area contributed by atoms with Crippen molar-refractivity contribution < 1.29 is 4.74 Å². The normalized spacial score (nSPS) is 10.8. The number of nitrogens with zero attached hydrogens (tertiary/aromatic N) is 2. The highest BCUT2D eigenvalue weighted by atomic mass is 35.5. The Hall–Kier alpha value is -2.20. The van der Waals surface area contributed by atoms with E-state index >= 15 is 0 Å². The van der Waals surface area contributed by atoms with Crippen LogP contribution in [0.25, 0.3) is 5.65 Å². The third kappa shape index (κ3) is 2.35. The number of imidazole rings is 1. The number of pyridine rings is 1. The lowest BCUT2D eigenvalue weighted by atomic mass is 10.3. The molecule has 0 aliphatic heterocycles. The lowest BCUT2D eigenvalue weighted by Gasteiger charge is -2.07. The van der Waals surface area contributed by atoms with Crippen LogP contribution in [0.2, 0.25) is 5.02 Å². The van der Waals surface area contributed by atoms with Gasteiger partial charge in [-0.2, -0.15) is 0 Å². The number of anilines is 1. The van der Waals surface area contributed by atoms with Gasteiger partial charge < -0.3 is 10.5 Å². The Morgan fingerprint density at radius 3 is 2.74 bits per heavy atom. The van der Waals surface area contributed by atoms with E-state index in [-0.39, 0.29) is 0 Å². The van der Waals surface area contributed by atoms with Gasteiger partial charge in [0.2, 0.25) is 0 Å². The van der Waals surface area contributed by atoms with Crippen molar-refractivity contribution in [1.29, 1.82) is 0 Å². The molecule has 0 fully saturated rings. The number of nitrogens with two attached hydrogens (primary N) is 1. The maximum absolute atomic E-state index is 5.94. The van der Waals surface area contributed by atoms with Gasteiger partial charge in [-0.25, -0.2) is 4.98 Å². The molecular formula is C14H12ClN3O. The van der Waals surface area contributed by atoms with E-state index in [1.807, 2.05) is 34.7 Å². The van der Waals surface area contributed by atoms with E-state index in [0.717, 1.165) is 17.1 Å². The highest BCUT2D eigenvalue weighted by Gasteiger charge is 2.06. The van der Waals surface area contributed by atoms with Crippen LogP contribution in [0.5, 0.6) is 5.75 Å². The zero-order valence-corrected chi connectivity index (χ0v) is 10.8. The summed E-state index contributed by atoms with van der Waals surface area (Å²) in [4.78, 5) is 4.29. The average molecular weight is 274 g/mol. The first-order chi connectivity index (χ1) is 9.24. The largest absolute Gasteiger partial charge is 0.487 e. The molecule has 0 aliphatic carbocycles. The van der Waals surface area contributed by atoms with Gasteiger partial charge in [0.25, 0.3) is 0 Å². The number of rotatable bonds is 3. The van der Waals surface area contributed by atoms with Crippen molar-refractivity contribution in [3.05, 3.63) is 59.4 Å². The molecule has 0 saturated carbocycles. The first kappa shape index (κ1) is 11.9. The first-order valence-corrected chi connectivity index (χ1v) is 6.21. The standard InChI is InChI=1S/C14H12ClN3O/c15-10-4-6-12(7-5-10)19-9-11-8-17-14-3-1-2-13(16)18(11)14/h1-8H,9,16H2. The molecule has 0 saturated heterocycles. The Morgan fingerprint density at radius 1 is 1.16 bits per heavy atom. The van der Waals surface area contributed by atoms with Crippen molar-refractivity contribution in [2.75, 3.05) is 5.73 Å². The van der Waals surface area contributed by atoms with Gasteiger partial charge in [-0.05, 0) is 36.4 Å². The molecular weight excluding hydrogens is 262 g/mol. The minimum absolute atomic E-state index is 0.400. The smallest absolute Gasteiger partial charge is 0.138 e. The fourth-order valence-electron chi connectivity index (χ4n) is 1.92. The number of hydrogen-bond acceptors (Lipinski definition) is 3. The molecule has 5 heteroatoms. The Balaban J connectivity index is 1.84. The molecule has 0 atom stereocenters. The molecule has 19 heavy (non-hydrogen) atoms. The maximum atomic E-state index is 5.94. The van der Waals surface area contributed by atoms with Crippen molar-refractivity contribution in [2.45, 2.75) is 6.61 Å². The van der Waals surface area contributed by atoms with Crippen LogP contribution in [0.15, 0.2) is 48.7 Å².